The van der Waals surface area contributed by atoms with E-state index in [0.29, 0.717) is 41.9 Å². The van der Waals surface area contributed by atoms with Gasteiger partial charge < -0.3 is 10.6 Å². The Balaban J connectivity index is 1.85. The largest absolute Gasteiger partial charge is 0.359 e. The number of nitrogens with two attached hydrogens (primary N) is 1. The molecule has 0 radical (unpaired) electrons. The van der Waals surface area contributed by atoms with E-state index in [1.807, 2.05) is 36.2 Å². The molecule has 1 fully saturated rings. The summed E-state index contributed by atoms with van der Waals surface area (Å²) in [6.07, 6.45) is 3.15. The van der Waals surface area contributed by atoms with Crippen molar-refractivity contribution in [3.8, 4) is 17.1 Å². The lowest BCUT2D eigenvalue weighted by molar-refractivity contribution is 0.634. The SMILES string of the molecule is [C-]#[N+]c1ccc(-c2nc(N(C)CCCN)cc(=O)n2-c2ccc(C3CC3)cc2)cc1F. The van der Waals surface area contributed by atoms with Crippen LogP contribution < -0.4 is 16.2 Å². The van der Waals surface area contributed by atoms with Crippen molar-refractivity contribution in [2.45, 2.75) is 25.2 Å². The summed E-state index contributed by atoms with van der Waals surface area (Å²) < 4.78 is 15.9. The zero-order chi connectivity index (χ0) is 22.0. The first kappa shape index (κ1) is 20.8. The van der Waals surface area contributed by atoms with Gasteiger partial charge in [0.05, 0.1) is 12.3 Å². The number of aromatic nitrogens is 2. The van der Waals surface area contributed by atoms with Gasteiger partial charge in [0.2, 0.25) is 5.69 Å². The molecule has 0 aliphatic heterocycles. The van der Waals surface area contributed by atoms with Crippen LogP contribution in [0, 0.1) is 12.4 Å². The Bertz CT molecular complexity index is 1190. The van der Waals surface area contributed by atoms with Crippen molar-refractivity contribution in [1.29, 1.82) is 0 Å². The zero-order valence-corrected chi connectivity index (χ0v) is 17.4. The van der Waals surface area contributed by atoms with Gasteiger partial charge >= 0.3 is 0 Å². The Morgan fingerprint density at radius 2 is 1.97 bits per heavy atom. The highest BCUT2D eigenvalue weighted by molar-refractivity contribution is 5.64. The molecule has 3 aromatic rings. The van der Waals surface area contributed by atoms with Crippen LogP contribution >= 0.6 is 0 Å². The molecule has 2 aromatic carbocycles. The van der Waals surface area contributed by atoms with Crippen LogP contribution in [0.3, 0.4) is 0 Å². The summed E-state index contributed by atoms with van der Waals surface area (Å²) in [5.41, 5.74) is 7.65. The molecule has 0 bridgehead atoms. The third-order valence-corrected chi connectivity index (χ3v) is 5.52. The molecule has 7 heteroatoms. The molecule has 0 unspecified atom stereocenters. The summed E-state index contributed by atoms with van der Waals surface area (Å²) in [6.45, 7) is 8.26. The minimum atomic E-state index is -0.640. The van der Waals surface area contributed by atoms with Crippen LogP contribution in [0.5, 0.6) is 0 Å². The topological polar surface area (TPSA) is 68.5 Å². The summed E-state index contributed by atoms with van der Waals surface area (Å²) in [4.78, 5) is 22.9. The maximum absolute atomic E-state index is 14.4. The predicted octanol–water partition coefficient (Wildman–Crippen LogP) is 4.25. The van der Waals surface area contributed by atoms with Crippen molar-refractivity contribution in [2.24, 2.45) is 5.73 Å². The van der Waals surface area contributed by atoms with Gasteiger partial charge in [-0.05, 0) is 55.5 Å². The number of rotatable bonds is 7. The fraction of sp³-hybridized carbons (Fsp3) is 0.292. The first-order valence-electron chi connectivity index (χ1n) is 10.3. The fourth-order valence-electron chi connectivity index (χ4n) is 3.60. The quantitative estimate of drug-likeness (QED) is 0.584. The molecule has 31 heavy (non-hydrogen) atoms. The Kier molecular flexibility index (Phi) is 5.83. The number of hydrogen-bond acceptors (Lipinski definition) is 4. The van der Waals surface area contributed by atoms with E-state index in [1.165, 1.54) is 41.2 Å². The van der Waals surface area contributed by atoms with Gasteiger partial charge in [-0.1, -0.05) is 24.3 Å². The molecule has 0 amide bonds. The highest BCUT2D eigenvalue weighted by atomic mass is 19.1. The molecule has 158 valence electrons. The average molecular weight is 417 g/mol. The van der Waals surface area contributed by atoms with E-state index in [2.05, 4.69) is 4.85 Å². The van der Waals surface area contributed by atoms with Crippen LogP contribution in [0.25, 0.3) is 21.9 Å². The van der Waals surface area contributed by atoms with Gasteiger partial charge in [-0.3, -0.25) is 9.36 Å². The van der Waals surface area contributed by atoms with Gasteiger partial charge in [0.1, 0.15) is 17.5 Å². The van der Waals surface area contributed by atoms with E-state index in [-0.39, 0.29) is 11.2 Å². The smallest absolute Gasteiger partial charge is 0.260 e. The lowest BCUT2D eigenvalue weighted by Crippen LogP contribution is -2.27. The van der Waals surface area contributed by atoms with Crippen LogP contribution in [0.1, 0.15) is 30.7 Å². The van der Waals surface area contributed by atoms with Crippen molar-refractivity contribution in [3.05, 3.63) is 81.7 Å². The minimum Gasteiger partial charge on any atom is -0.359 e. The molecule has 1 heterocycles. The maximum atomic E-state index is 14.4. The molecule has 1 aliphatic carbocycles. The number of anilines is 1. The number of nitrogens with zero attached hydrogens (tertiary/aromatic N) is 4. The zero-order valence-electron chi connectivity index (χ0n) is 17.4. The molecule has 4 rings (SSSR count). The van der Waals surface area contributed by atoms with Gasteiger partial charge in [0.15, 0.2) is 0 Å². The average Bonchev–Trinajstić information content (AvgIpc) is 3.62. The summed E-state index contributed by atoms with van der Waals surface area (Å²) in [7, 11) is 1.85. The van der Waals surface area contributed by atoms with Crippen LogP contribution in [-0.4, -0.2) is 29.7 Å². The van der Waals surface area contributed by atoms with Crippen LogP contribution in [0.4, 0.5) is 15.9 Å². The van der Waals surface area contributed by atoms with Crippen molar-refractivity contribution in [1.82, 2.24) is 9.55 Å². The van der Waals surface area contributed by atoms with Crippen molar-refractivity contribution >= 4 is 11.5 Å². The van der Waals surface area contributed by atoms with Gasteiger partial charge in [0, 0.05) is 25.2 Å². The molecule has 0 atom stereocenters. The molecule has 1 saturated carbocycles. The molecule has 0 spiro atoms. The highest BCUT2D eigenvalue weighted by Gasteiger charge is 2.23. The second-order valence-corrected chi connectivity index (χ2v) is 7.82. The van der Waals surface area contributed by atoms with E-state index in [1.54, 1.807) is 6.07 Å². The Morgan fingerprint density at radius 3 is 2.58 bits per heavy atom. The molecule has 2 N–H and O–H groups in total. The van der Waals surface area contributed by atoms with Crippen LogP contribution in [-0.2, 0) is 0 Å². The molecule has 6 nitrogen and oxygen atoms in total. The van der Waals surface area contributed by atoms with Crippen molar-refractivity contribution in [3.63, 3.8) is 0 Å². The molecule has 1 aliphatic rings. The lowest BCUT2D eigenvalue weighted by atomic mass is 10.1. The van der Waals surface area contributed by atoms with E-state index in [0.717, 1.165) is 6.42 Å². The minimum absolute atomic E-state index is 0.0670. The Labute approximate surface area is 180 Å². The normalized spacial score (nSPS) is 13.1. The number of benzene rings is 2. The van der Waals surface area contributed by atoms with Crippen LogP contribution in [0.2, 0.25) is 0 Å². The van der Waals surface area contributed by atoms with Gasteiger partial charge in [0.25, 0.3) is 5.56 Å². The molecular weight excluding hydrogens is 393 g/mol. The van der Waals surface area contributed by atoms with Gasteiger partial charge in [-0.15, -0.1) is 0 Å². The molecular formula is C24H24FN5O. The summed E-state index contributed by atoms with van der Waals surface area (Å²) in [5.74, 6) is 0.794. The van der Waals surface area contributed by atoms with E-state index >= 15 is 0 Å². The second-order valence-electron chi connectivity index (χ2n) is 7.82. The molecule has 0 saturated heterocycles. The fourth-order valence-corrected chi connectivity index (χ4v) is 3.60. The summed E-state index contributed by atoms with van der Waals surface area (Å²) >= 11 is 0. The second kappa shape index (κ2) is 8.70. The predicted molar refractivity (Wildman–Crippen MR) is 120 cm³/mol. The summed E-state index contributed by atoms with van der Waals surface area (Å²) in [6, 6.07) is 13.7. The number of halogens is 1. The highest BCUT2D eigenvalue weighted by Crippen LogP contribution is 2.40. The maximum Gasteiger partial charge on any atom is 0.260 e. The first-order valence-corrected chi connectivity index (χ1v) is 10.3. The first-order chi connectivity index (χ1) is 15.0. The van der Waals surface area contributed by atoms with E-state index < -0.39 is 5.82 Å². The van der Waals surface area contributed by atoms with Crippen molar-refractivity contribution in [2.75, 3.05) is 25.0 Å². The van der Waals surface area contributed by atoms with Gasteiger partial charge in [-0.2, -0.15) is 0 Å². The van der Waals surface area contributed by atoms with Crippen LogP contribution in [0.15, 0.2) is 53.3 Å². The standard InChI is InChI=1S/C24H24FN5O/c1-27-21-11-8-18(14-20(21)25)24-28-22(29(2)13-3-12-26)15-23(31)30(24)19-9-6-17(7-10-19)16-4-5-16/h6-11,14-16H,3-5,12-13,26H2,2H3. The van der Waals surface area contributed by atoms with Crippen molar-refractivity contribution < 1.29 is 4.39 Å². The summed E-state index contributed by atoms with van der Waals surface area (Å²) in [5, 5.41) is 0. The Morgan fingerprint density at radius 1 is 1.23 bits per heavy atom. The Hall–Kier alpha value is -3.50. The third kappa shape index (κ3) is 4.35. The van der Waals surface area contributed by atoms with E-state index in [9.17, 15) is 9.18 Å². The molecule has 1 aromatic heterocycles. The monoisotopic (exact) mass is 417 g/mol. The van der Waals surface area contributed by atoms with Gasteiger partial charge in [-0.25, -0.2) is 14.2 Å². The van der Waals surface area contributed by atoms with E-state index in [4.69, 9.17) is 17.3 Å². The lowest BCUT2D eigenvalue weighted by Gasteiger charge is -2.21. The number of hydrogen-bond donors (Lipinski definition) is 1. The third-order valence-electron chi connectivity index (χ3n) is 5.52.